The molecule has 0 saturated heterocycles. The molecular formula is C9H16N4. The molecule has 0 spiro atoms. The zero-order valence-electron chi connectivity index (χ0n) is 8.15. The standard InChI is InChI=1S/C9H16N4/c1-9(2,10)8-12-6-4-3-5-11-7(6)13-8/h11H,3-5,10H2,1-2H3,(H,12,13). The number of nitrogens with two attached hydrogens (primary N) is 1. The van der Waals surface area contributed by atoms with Gasteiger partial charge in [-0.3, -0.25) is 0 Å². The van der Waals surface area contributed by atoms with Crippen molar-refractivity contribution in [2.45, 2.75) is 32.2 Å². The van der Waals surface area contributed by atoms with Crippen molar-refractivity contribution in [1.82, 2.24) is 9.97 Å². The Morgan fingerprint density at radius 1 is 1.46 bits per heavy atom. The van der Waals surface area contributed by atoms with Crippen LogP contribution < -0.4 is 11.1 Å². The van der Waals surface area contributed by atoms with Crippen molar-refractivity contribution in [2.24, 2.45) is 5.73 Å². The lowest BCUT2D eigenvalue weighted by atomic mass is 10.1. The average molecular weight is 180 g/mol. The molecule has 0 fully saturated rings. The number of hydrogen-bond acceptors (Lipinski definition) is 3. The Labute approximate surface area is 77.9 Å². The van der Waals surface area contributed by atoms with E-state index < -0.39 is 0 Å². The van der Waals surface area contributed by atoms with E-state index in [1.54, 1.807) is 0 Å². The largest absolute Gasteiger partial charge is 0.369 e. The zero-order chi connectivity index (χ0) is 9.47. The summed E-state index contributed by atoms with van der Waals surface area (Å²) >= 11 is 0. The smallest absolute Gasteiger partial charge is 0.147 e. The van der Waals surface area contributed by atoms with Crippen LogP contribution in [0, 0.1) is 0 Å². The number of rotatable bonds is 1. The second-order valence-corrected chi connectivity index (χ2v) is 4.16. The zero-order valence-corrected chi connectivity index (χ0v) is 8.15. The highest BCUT2D eigenvalue weighted by Crippen LogP contribution is 2.22. The number of fused-ring (bicyclic) bond motifs is 1. The highest BCUT2D eigenvalue weighted by atomic mass is 15.1. The molecule has 1 aromatic rings. The number of aromatic nitrogens is 2. The molecule has 0 amide bonds. The minimum atomic E-state index is -0.376. The maximum absolute atomic E-state index is 5.95. The van der Waals surface area contributed by atoms with Gasteiger partial charge in [0.1, 0.15) is 11.6 Å². The number of nitrogens with zero attached hydrogens (tertiary/aromatic N) is 1. The molecule has 4 nitrogen and oxygen atoms in total. The first kappa shape index (κ1) is 8.56. The van der Waals surface area contributed by atoms with Crippen LogP contribution in [0.1, 0.15) is 31.8 Å². The minimum absolute atomic E-state index is 0.376. The van der Waals surface area contributed by atoms with Crippen molar-refractivity contribution in [2.75, 3.05) is 11.9 Å². The van der Waals surface area contributed by atoms with Gasteiger partial charge < -0.3 is 16.0 Å². The topological polar surface area (TPSA) is 66.7 Å². The Hall–Kier alpha value is -1.03. The normalized spacial score (nSPS) is 16.5. The van der Waals surface area contributed by atoms with Crippen LogP contribution in [0.4, 0.5) is 5.82 Å². The molecule has 0 saturated carbocycles. The third-order valence-corrected chi connectivity index (χ3v) is 2.29. The monoisotopic (exact) mass is 180 g/mol. The third-order valence-electron chi connectivity index (χ3n) is 2.29. The summed E-state index contributed by atoms with van der Waals surface area (Å²) in [6.45, 7) is 4.93. The molecule has 0 bridgehead atoms. The van der Waals surface area contributed by atoms with Gasteiger partial charge in [-0.05, 0) is 26.7 Å². The lowest BCUT2D eigenvalue weighted by molar-refractivity contribution is 0.519. The van der Waals surface area contributed by atoms with E-state index in [0.29, 0.717) is 0 Å². The summed E-state index contributed by atoms with van der Waals surface area (Å²) in [7, 11) is 0. The van der Waals surface area contributed by atoms with Gasteiger partial charge >= 0.3 is 0 Å². The van der Waals surface area contributed by atoms with Gasteiger partial charge in [0.15, 0.2) is 0 Å². The van der Waals surface area contributed by atoms with Gasteiger partial charge in [0, 0.05) is 6.54 Å². The summed E-state index contributed by atoms with van der Waals surface area (Å²) in [5.41, 5.74) is 6.77. The van der Waals surface area contributed by atoms with Crippen molar-refractivity contribution >= 4 is 5.82 Å². The van der Waals surface area contributed by atoms with Gasteiger partial charge in [0.25, 0.3) is 0 Å². The summed E-state index contributed by atoms with van der Waals surface area (Å²) in [6, 6.07) is 0. The van der Waals surface area contributed by atoms with Gasteiger partial charge in [-0.2, -0.15) is 0 Å². The molecule has 72 valence electrons. The first-order chi connectivity index (χ1) is 6.07. The summed E-state index contributed by atoms with van der Waals surface area (Å²) in [6.07, 6.45) is 2.24. The Balaban J connectivity index is 2.36. The van der Waals surface area contributed by atoms with Crippen molar-refractivity contribution in [3.63, 3.8) is 0 Å². The summed E-state index contributed by atoms with van der Waals surface area (Å²) < 4.78 is 0. The molecule has 0 radical (unpaired) electrons. The molecule has 2 heterocycles. The van der Waals surface area contributed by atoms with Crippen LogP contribution in [0.2, 0.25) is 0 Å². The van der Waals surface area contributed by atoms with E-state index in [2.05, 4.69) is 15.3 Å². The maximum atomic E-state index is 5.95. The van der Waals surface area contributed by atoms with E-state index in [9.17, 15) is 0 Å². The van der Waals surface area contributed by atoms with E-state index in [1.807, 2.05) is 13.8 Å². The van der Waals surface area contributed by atoms with E-state index in [1.165, 1.54) is 12.1 Å². The van der Waals surface area contributed by atoms with Gasteiger partial charge in [-0.25, -0.2) is 4.98 Å². The highest BCUT2D eigenvalue weighted by Gasteiger charge is 2.22. The number of imidazole rings is 1. The summed E-state index contributed by atoms with van der Waals surface area (Å²) in [5.74, 6) is 1.85. The minimum Gasteiger partial charge on any atom is -0.369 e. The first-order valence-electron chi connectivity index (χ1n) is 4.69. The van der Waals surface area contributed by atoms with Crippen LogP contribution in [-0.4, -0.2) is 16.5 Å². The fourth-order valence-electron chi connectivity index (χ4n) is 1.51. The second-order valence-electron chi connectivity index (χ2n) is 4.16. The van der Waals surface area contributed by atoms with Crippen molar-refractivity contribution in [3.8, 4) is 0 Å². The molecule has 1 aromatic heterocycles. The molecule has 0 aliphatic carbocycles. The molecule has 0 aromatic carbocycles. The maximum Gasteiger partial charge on any atom is 0.147 e. The third kappa shape index (κ3) is 1.54. The Morgan fingerprint density at radius 2 is 2.23 bits per heavy atom. The van der Waals surface area contributed by atoms with E-state index in [4.69, 9.17) is 5.73 Å². The van der Waals surface area contributed by atoms with Crippen molar-refractivity contribution < 1.29 is 0 Å². The fourth-order valence-corrected chi connectivity index (χ4v) is 1.51. The first-order valence-corrected chi connectivity index (χ1v) is 4.69. The number of H-pyrrole nitrogens is 1. The number of aryl methyl sites for hydroxylation is 1. The molecule has 13 heavy (non-hydrogen) atoms. The van der Waals surface area contributed by atoms with E-state index in [0.717, 1.165) is 24.6 Å². The van der Waals surface area contributed by atoms with Crippen LogP contribution in [0.25, 0.3) is 0 Å². The van der Waals surface area contributed by atoms with E-state index >= 15 is 0 Å². The molecule has 4 heteroatoms. The number of aromatic amines is 1. The number of hydrogen-bond donors (Lipinski definition) is 3. The highest BCUT2D eigenvalue weighted by molar-refractivity contribution is 5.44. The Kier molecular flexibility index (Phi) is 1.80. The van der Waals surface area contributed by atoms with Crippen LogP contribution in [0.3, 0.4) is 0 Å². The van der Waals surface area contributed by atoms with Crippen molar-refractivity contribution in [1.29, 1.82) is 0 Å². The van der Waals surface area contributed by atoms with Gasteiger partial charge in [0.2, 0.25) is 0 Å². The van der Waals surface area contributed by atoms with Crippen LogP contribution in [0.5, 0.6) is 0 Å². The molecule has 4 N–H and O–H groups in total. The predicted octanol–water partition coefficient (Wildman–Crippen LogP) is 0.962. The van der Waals surface area contributed by atoms with Gasteiger partial charge in [-0.15, -0.1) is 0 Å². The molecule has 2 rings (SSSR count). The molecule has 0 unspecified atom stereocenters. The quantitative estimate of drug-likeness (QED) is 0.603. The van der Waals surface area contributed by atoms with Gasteiger partial charge in [-0.1, -0.05) is 0 Å². The molecule has 1 aliphatic rings. The summed E-state index contributed by atoms with van der Waals surface area (Å²) in [5, 5.41) is 3.26. The number of nitrogens with one attached hydrogen (secondary N) is 2. The number of anilines is 1. The summed E-state index contributed by atoms with van der Waals surface area (Å²) in [4.78, 5) is 7.71. The second kappa shape index (κ2) is 2.73. The lowest BCUT2D eigenvalue weighted by Gasteiger charge is -2.14. The molecule has 1 aliphatic heterocycles. The van der Waals surface area contributed by atoms with Crippen LogP contribution >= 0.6 is 0 Å². The van der Waals surface area contributed by atoms with Crippen molar-refractivity contribution in [3.05, 3.63) is 11.5 Å². The SMILES string of the molecule is CC(C)(N)c1nc2c([nH]1)CCCN2. The van der Waals surface area contributed by atoms with Crippen LogP contribution in [0.15, 0.2) is 0 Å². The molecule has 0 atom stereocenters. The Morgan fingerprint density at radius 3 is 2.85 bits per heavy atom. The average Bonchev–Trinajstić information content (AvgIpc) is 2.45. The fraction of sp³-hybridized carbons (Fsp3) is 0.667. The predicted molar refractivity (Wildman–Crippen MR) is 52.6 cm³/mol. The Bertz CT molecular complexity index is 284. The molecular weight excluding hydrogens is 164 g/mol. The van der Waals surface area contributed by atoms with Gasteiger partial charge in [0.05, 0.1) is 11.2 Å². The lowest BCUT2D eigenvalue weighted by Crippen LogP contribution is -2.30. The van der Waals surface area contributed by atoms with Crippen LogP contribution in [-0.2, 0) is 12.0 Å². The van der Waals surface area contributed by atoms with E-state index in [-0.39, 0.29) is 5.54 Å².